The van der Waals surface area contributed by atoms with Crippen LogP contribution in [0.15, 0.2) is 48.5 Å². The first kappa shape index (κ1) is 23.2. The van der Waals surface area contributed by atoms with Crippen LogP contribution in [0.5, 0.6) is 11.5 Å². The van der Waals surface area contributed by atoms with Crippen LogP contribution in [0.1, 0.15) is 17.5 Å². The Labute approximate surface area is 177 Å². The van der Waals surface area contributed by atoms with Crippen LogP contribution in [-0.2, 0) is 27.2 Å². The molecule has 0 aromatic heterocycles. The van der Waals surface area contributed by atoms with Crippen molar-refractivity contribution in [3.05, 3.63) is 59.7 Å². The molecule has 2 rings (SSSR count). The molecule has 7 nitrogen and oxygen atoms in total. The Morgan fingerprint density at radius 1 is 1.03 bits per heavy atom. The van der Waals surface area contributed by atoms with Crippen molar-refractivity contribution in [1.82, 2.24) is 4.90 Å². The van der Waals surface area contributed by atoms with E-state index in [1.54, 1.807) is 7.11 Å². The third kappa shape index (κ3) is 8.13. The van der Waals surface area contributed by atoms with Crippen LogP contribution < -0.4 is 9.47 Å². The van der Waals surface area contributed by atoms with Crippen molar-refractivity contribution in [2.24, 2.45) is 0 Å². The highest BCUT2D eigenvalue weighted by Crippen LogP contribution is 2.21. The lowest BCUT2D eigenvalue weighted by Gasteiger charge is -2.22. The lowest BCUT2D eigenvalue weighted by atomic mass is 10.0. The van der Waals surface area contributed by atoms with E-state index in [1.807, 2.05) is 67.5 Å². The summed E-state index contributed by atoms with van der Waals surface area (Å²) >= 11 is 0. The van der Waals surface area contributed by atoms with Gasteiger partial charge in [0.1, 0.15) is 30.6 Å². The summed E-state index contributed by atoms with van der Waals surface area (Å²) < 4.78 is 16.4. The second-order valence-electron chi connectivity index (χ2n) is 7.21. The first-order valence-corrected chi connectivity index (χ1v) is 9.77. The monoisotopic (exact) mass is 415 g/mol. The molecule has 0 spiro atoms. The Morgan fingerprint density at radius 2 is 1.73 bits per heavy atom. The number of carbonyl (C=O) groups is 2. The Balaban J connectivity index is 1.98. The molecule has 0 heterocycles. The zero-order chi connectivity index (χ0) is 21.9. The van der Waals surface area contributed by atoms with Crippen LogP contribution >= 0.6 is 0 Å². The van der Waals surface area contributed by atoms with Gasteiger partial charge in [0.25, 0.3) is 0 Å². The summed E-state index contributed by atoms with van der Waals surface area (Å²) in [5, 5.41) is 8.76. The Bertz CT molecular complexity index is 819. The van der Waals surface area contributed by atoms with Crippen LogP contribution in [0.2, 0.25) is 0 Å². The van der Waals surface area contributed by atoms with E-state index in [-0.39, 0.29) is 6.61 Å². The summed E-state index contributed by atoms with van der Waals surface area (Å²) in [6.45, 7) is 0.572. The lowest BCUT2D eigenvalue weighted by Crippen LogP contribution is -2.35. The molecule has 7 heteroatoms. The van der Waals surface area contributed by atoms with E-state index < -0.39 is 24.5 Å². The molecule has 1 N–H and O–H groups in total. The van der Waals surface area contributed by atoms with Crippen molar-refractivity contribution < 1.29 is 28.9 Å². The number of esters is 1. The third-order valence-corrected chi connectivity index (χ3v) is 4.40. The number of ether oxygens (including phenoxy) is 3. The third-order valence-electron chi connectivity index (χ3n) is 4.40. The number of carboxylic acid groups (broad SMARTS) is 1. The summed E-state index contributed by atoms with van der Waals surface area (Å²) in [7, 11) is 5.34. The topological polar surface area (TPSA) is 85.3 Å². The quantitative estimate of drug-likeness (QED) is 0.421. The molecule has 30 heavy (non-hydrogen) atoms. The van der Waals surface area contributed by atoms with Crippen LogP contribution in [0.25, 0.3) is 0 Å². The molecule has 0 aliphatic heterocycles. The zero-order valence-corrected chi connectivity index (χ0v) is 17.7. The molecule has 0 unspecified atom stereocenters. The van der Waals surface area contributed by atoms with Gasteiger partial charge >= 0.3 is 11.9 Å². The molecule has 2 aromatic carbocycles. The number of hydrogen-bond donors (Lipinski definition) is 1. The highest BCUT2D eigenvalue weighted by molar-refractivity contribution is 5.90. The Kier molecular flexibility index (Phi) is 9.15. The predicted molar refractivity (Wildman–Crippen MR) is 113 cm³/mol. The van der Waals surface area contributed by atoms with Crippen molar-refractivity contribution in [3.63, 3.8) is 0 Å². The Hall–Kier alpha value is -3.06. The van der Waals surface area contributed by atoms with E-state index in [0.717, 1.165) is 29.9 Å². The fraction of sp³-hybridized carbons (Fsp3) is 0.391. The number of carboxylic acids is 1. The van der Waals surface area contributed by atoms with E-state index in [4.69, 9.17) is 19.3 Å². The van der Waals surface area contributed by atoms with Gasteiger partial charge in [-0.25, -0.2) is 0 Å². The molecule has 0 saturated heterocycles. The fourth-order valence-electron chi connectivity index (χ4n) is 2.99. The number of benzene rings is 2. The molecule has 2 aromatic rings. The minimum atomic E-state index is -1.21. The van der Waals surface area contributed by atoms with Crippen molar-refractivity contribution in [2.45, 2.75) is 25.4 Å². The highest BCUT2D eigenvalue weighted by atomic mass is 16.6. The summed E-state index contributed by atoms with van der Waals surface area (Å²) in [6, 6.07) is 15.7. The number of carbonyl (C=O) groups excluding carboxylic acids is 1. The van der Waals surface area contributed by atoms with Gasteiger partial charge in [0.15, 0.2) is 0 Å². The average Bonchev–Trinajstić information content (AvgIpc) is 2.70. The smallest absolute Gasteiger partial charge is 0.317 e. The molecule has 0 fully saturated rings. The molecular formula is C23H29NO6. The number of hydrogen-bond acceptors (Lipinski definition) is 6. The summed E-state index contributed by atoms with van der Waals surface area (Å²) in [4.78, 5) is 24.3. The lowest BCUT2D eigenvalue weighted by molar-refractivity contribution is -0.156. The number of para-hydroxylation sites is 1. The van der Waals surface area contributed by atoms with Gasteiger partial charge in [0.05, 0.1) is 7.11 Å². The van der Waals surface area contributed by atoms with E-state index in [2.05, 4.69) is 0 Å². The average molecular weight is 415 g/mol. The SMILES string of the molecule is COc1ccc(CCc2ccccc2OC[C@@H](CN(C)C)OC(=O)CC(=O)O)cc1. The predicted octanol–water partition coefficient (Wildman–Crippen LogP) is 2.81. The summed E-state index contributed by atoms with van der Waals surface area (Å²) in [5.41, 5.74) is 2.24. The number of likely N-dealkylation sites (N-methyl/N-ethyl adjacent to an activating group) is 1. The number of rotatable bonds is 12. The first-order chi connectivity index (χ1) is 14.4. The molecular weight excluding hydrogens is 386 g/mol. The second kappa shape index (κ2) is 11.8. The van der Waals surface area contributed by atoms with Crippen molar-refractivity contribution in [1.29, 1.82) is 0 Å². The molecule has 0 saturated carbocycles. The van der Waals surface area contributed by atoms with Gasteiger partial charge in [0.2, 0.25) is 0 Å². The normalized spacial score (nSPS) is 11.7. The second-order valence-corrected chi connectivity index (χ2v) is 7.21. The van der Waals surface area contributed by atoms with E-state index >= 15 is 0 Å². The van der Waals surface area contributed by atoms with Gasteiger partial charge < -0.3 is 24.2 Å². The van der Waals surface area contributed by atoms with Crippen molar-refractivity contribution in [3.8, 4) is 11.5 Å². The zero-order valence-electron chi connectivity index (χ0n) is 17.7. The van der Waals surface area contributed by atoms with Crippen LogP contribution in [0, 0.1) is 0 Å². The maximum atomic E-state index is 11.7. The molecule has 0 aliphatic carbocycles. The van der Waals surface area contributed by atoms with Crippen LogP contribution in [0.4, 0.5) is 0 Å². The van der Waals surface area contributed by atoms with E-state index in [0.29, 0.717) is 6.54 Å². The number of aliphatic carboxylic acids is 1. The van der Waals surface area contributed by atoms with Crippen LogP contribution in [-0.4, -0.2) is 62.4 Å². The first-order valence-electron chi connectivity index (χ1n) is 9.77. The molecule has 162 valence electrons. The number of nitrogens with zero attached hydrogens (tertiary/aromatic N) is 1. The van der Waals surface area contributed by atoms with Crippen LogP contribution in [0.3, 0.4) is 0 Å². The van der Waals surface area contributed by atoms with Gasteiger partial charge in [-0.2, -0.15) is 0 Å². The molecule has 0 amide bonds. The Morgan fingerprint density at radius 3 is 2.37 bits per heavy atom. The largest absolute Gasteiger partial charge is 0.497 e. The van der Waals surface area contributed by atoms with Gasteiger partial charge in [0, 0.05) is 6.54 Å². The number of aryl methyl sites for hydroxylation is 2. The standard InChI is InChI=1S/C23H29NO6/c1-24(2)15-20(30-23(27)14-22(25)26)16-29-21-7-5-4-6-18(21)11-8-17-9-12-19(28-3)13-10-17/h4-7,9-10,12-13,20H,8,11,14-16H2,1-3H3,(H,25,26)/t20-/m1/s1. The summed E-state index contributed by atoms with van der Waals surface area (Å²) in [5.74, 6) is -0.435. The van der Waals surface area contributed by atoms with Gasteiger partial charge in [-0.1, -0.05) is 30.3 Å². The van der Waals surface area contributed by atoms with E-state index in [9.17, 15) is 9.59 Å². The molecule has 0 radical (unpaired) electrons. The van der Waals surface area contributed by atoms with Gasteiger partial charge in [-0.15, -0.1) is 0 Å². The summed E-state index contributed by atoms with van der Waals surface area (Å²) in [6.07, 6.45) is 0.405. The molecule has 0 bridgehead atoms. The minimum absolute atomic E-state index is 0.142. The molecule has 1 atom stereocenters. The number of methoxy groups -OCH3 is 1. The maximum absolute atomic E-state index is 11.7. The van der Waals surface area contributed by atoms with E-state index in [1.165, 1.54) is 5.56 Å². The van der Waals surface area contributed by atoms with Gasteiger partial charge in [-0.05, 0) is 56.3 Å². The molecule has 0 aliphatic rings. The van der Waals surface area contributed by atoms with Crippen molar-refractivity contribution in [2.75, 3.05) is 34.4 Å². The maximum Gasteiger partial charge on any atom is 0.317 e. The van der Waals surface area contributed by atoms with Gasteiger partial charge in [-0.3, -0.25) is 9.59 Å². The van der Waals surface area contributed by atoms with Crippen molar-refractivity contribution >= 4 is 11.9 Å². The minimum Gasteiger partial charge on any atom is -0.497 e. The fourth-order valence-corrected chi connectivity index (χ4v) is 2.99. The highest BCUT2D eigenvalue weighted by Gasteiger charge is 2.19.